The van der Waals surface area contributed by atoms with Gasteiger partial charge in [0.1, 0.15) is 11.5 Å². The van der Waals surface area contributed by atoms with Crippen LogP contribution in [0.25, 0.3) is 0 Å². The van der Waals surface area contributed by atoms with Crippen molar-refractivity contribution in [2.75, 3.05) is 17.0 Å². The number of sulfonamides is 1. The zero-order valence-corrected chi connectivity index (χ0v) is 9.28. The Hall–Kier alpha value is -0.850. The molecule has 0 aliphatic rings. The molecule has 0 atom stereocenters. The maximum atomic E-state index is 13.2. The Morgan fingerprint density at radius 1 is 1.47 bits per heavy atom. The van der Waals surface area contributed by atoms with E-state index in [0.29, 0.717) is 0 Å². The Morgan fingerprint density at radius 3 is 2.67 bits per heavy atom. The molecule has 0 aliphatic heterocycles. The van der Waals surface area contributed by atoms with Gasteiger partial charge in [-0.3, -0.25) is 4.72 Å². The molecular formula is C8H10ClFN2O2S. The Morgan fingerprint density at radius 2 is 2.13 bits per heavy atom. The number of nitrogens with one attached hydrogen (secondary N) is 1. The molecule has 0 spiro atoms. The van der Waals surface area contributed by atoms with E-state index in [1.165, 1.54) is 12.1 Å². The van der Waals surface area contributed by atoms with Crippen LogP contribution in [0, 0.1) is 5.82 Å². The Labute approximate surface area is 92.3 Å². The van der Waals surface area contributed by atoms with Gasteiger partial charge in [-0.1, -0.05) is 17.7 Å². The smallest absolute Gasteiger partial charge is 0.234 e. The van der Waals surface area contributed by atoms with Crippen molar-refractivity contribution in [3.63, 3.8) is 0 Å². The van der Waals surface area contributed by atoms with Gasteiger partial charge >= 0.3 is 0 Å². The average molecular weight is 253 g/mol. The topological polar surface area (TPSA) is 72.2 Å². The zero-order chi connectivity index (χ0) is 11.5. The first-order valence-corrected chi connectivity index (χ1v) is 6.14. The lowest BCUT2D eigenvalue weighted by atomic mass is 10.3. The number of hydrogen-bond donors (Lipinski definition) is 2. The van der Waals surface area contributed by atoms with Crippen LogP contribution in [0.2, 0.25) is 5.02 Å². The molecule has 1 aromatic carbocycles. The molecule has 0 amide bonds. The van der Waals surface area contributed by atoms with Crippen LogP contribution in [-0.4, -0.2) is 20.7 Å². The fraction of sp³-hybridized carbons (Fsp3) is 0.250. The number of halogens is 2. The van der Waals surface area contributed by atoms with Crippen molar-refractivity contribution in [2.45, 2.75) is 0 Å². The minimum absolute atomic E-state index is 0.00981. The van der Waals surface area contributed by atoms with E-state index in [1.54, 1.807) is 0 Å². The van der Waals surface area contributed by atoms with Crippen molar-refractivity contribution < 1.29 is 12.8 Å². The number of anilines is 1. The Bertz CT molecular complexity index is 430. The summed E-state index contributed by atoms with van der Waals surface area (Å²) in [4.78, 5) is 0. The van der Waals surface area contributed by atoms with E-state index in [-0.39, 0.29) is 23.0 Å². The van der Waals surface area contributed by atoms with Gasteiger partial charge in [0.05, 0.1) is 10.8 Å². The van der Waals surface area contributed by atoms with Gasteiger partial charge < -0.3 is 5.73 Å². The van der Waals surface area contributed by atoms with Crippen molar-refractivity contribution in [3.05, 3.63) is 29.0 Å². The van der Waals surface area contributed by atoms with Gasteiger partial charge in [0, 0.05) is 6.54 Å². The highest BCUT2D eigenvalue weighted by Gasteiger charge is 2.14. The fourth-order valence-electron chi connectivity index (χ4n) is 0.957. The van der Waals surface area contributed by atoms with Crippen LogP contribution in [0.15, 0.2) is 18.2 Å². The number of rotatable bonds is 4. The van der Waals surface area contributed by atoms with Crippen molar-refractivity contribution in [3.8, 4) is 0 Å². The predicted molar refractivity (Wildman–Crippen MR) is 57.9 cm³/mol. The molecule has 0 fully saturated rings. The molecule has 0 heterocycles. The molecule has 1 aromatic rings. The summed E-state index contributed by atoms with van der Waals surface area (Å²) in [5.41, 5.74) is 4.86. The van der Waals surface area contributed by atoms with Crippen LogP contribution >= 0.6 is 11.6 Å². The second kappa shape index (κ2) is 4.78. The largest absolute Gasteiger partial charge is 0.329 e. The lowest BCUT2D eigenvalue weighted by Crippen LogP contribution is -2.23. The van der Waals surface area contributed by atoms with E-state index in [1.807, 2.05) is 4.72 Å². The highest BCUT2D eigenvalue weighted by molar-refractivity contribution is 7.92. The number of benzene rings is 1. The molecule has 84 valence electrons. The summed E-state index contributed by atoms with van der Waals surface area (Å²) < 4.78 is 37.8. The normalized spacial score (nSPS) is 11.4. The van der Waals surface area contributed by atoms with E-state index in [4.69, 9.17) is 17.3 Å². The summed E-state index contributed by atoms with van der Waals surface area (Å²) >= 11 is 5.64. The van der Waals surface area contributed by atoms with Crippen LogP contribution in [-0.2, 0) is 10.0 Å². The molecule has 7 heteroatoms. The minimum atomic E-state index is -3.63. The first-order chi connectivity index (χ1) is 6.96. The highest BCUT2D eigenvalue weighted by Crippen LogP contribution is 2.25. The second-order valence-corrected chi connectivity index (χ2v) is 5.06. The molecule has 1 rings (SSSR count). The summed E-state index contributed by atoms with van der Waals surface area (Å²) in [7, 11) is -3.63. The fourth-order valence-corrected chi connectivity index (χ4v) is 2.15. The zero-order valence-electron chi connectivity index (χ0n) is 7.70. The van der Waals surface area contributed by atoms with Gasteiger partial charge in [-0.25, -0.2) is 12.8 Å². The molecule has 0 aromatic heterocycles. The highest BCUT2D eigenvalue weighted by atomic mass is 35.5. The van der Waals surface area contributed by atoms with Gasteiger partial charge in [-0.15, -0.1) is 0 Å². The van der Waals surface area contributed by atoms with Gasteiger partial charge in [0.15, 0.2) is 0 Å². The SMILES string of the molecule is NCCS(=O)(=O)Nc1c(F)cccc1Cl. The molecule has 15 heavy (non-hydrogen) atoms. The third kappa shape index (κ3) is 3.33. The van der Waals surface area contributed by atoms with E-state index in [2.05, 4.69) is 0 Å². The first kappa shape index (κ1) is 12.2. The molecule has 3 N–H and O–H groups in total. The van der Waals surface area contributed by atoms with Crippen molar-refractivity contribution >= 4 is 27.3 Å². The number of para-hydroxylation sites is 1. The van der Waals surface area contributed by atoms with Gasteiger partial charge in [0.25, 0.3) is 0 Å². The predicted octanol–water partition coefficient (Wildman–Crippen LogP) is 1.18. The van der Waals surface area contributed by atoms with E-state index in [9.17, 15) is 12.8 Å². The lowest BCUT2D eigenvalue weighted by Gasteiger charge is -2.09. The molecule has 4 nitrogen and oxygen atoms in total. The van der Waals surface area contributed by atoms with Gasteiger partial charge in [0.2, 0.25) is 10.0 Å². The second-order valence-electron chi connectivity index (χ2n) is 2.81. The summed E-state index contributed by atoms with van der Waals surface area (Å²) in [5, 5.41) is 0.00981. The van der Waals surface area contributed by atoms with E-state index in [0.717, 1.165) is 6.07 Å². The Kier molecular flexibility index (Phi) is 3.90. The van der Waals surface area contributed by atoms with Crippen LogP contribution in [0.1, 0.15) is 0 Å². The summed E-state index contributed by atoms with van der Waals surface area (Å²) in [6.07, 6.45) is 0. The van der Waals surface area contributed by atoms with Crippen LogP contribution in [0.3, 0.4) is 0 Å². The van der Waals surface area contributed by atoms with Crippen molar-refractivity contribution in [1.82, 2.24) is 0 Å². The van der Waals surface area contributed by atoms with E-state index < -0.39 is 15.8 Å². The quantitative estimate of drug-likeness (QED) is 0.845. The molecule has 0 unspecified atom stereocenters. The van der Waals surface area contributed by atoms with Gasteiger partial charge in [-0.05, 0) is 12.1 Å². The third-order valence-electron chi connectivity index (χ3n) is 1.61. The maximum absolute atomic E-state index is 13.2. The molecule has 0 radical (unpaired) electrons. The average Bonchev–Trinajstić information content (AvgIpc) is 2.11. The van der Waals surface area contributed by atoms with Gasteiger partial charge in [-0.2, -0.15) is 0 Å². The summed E-state index contributed by atoms with van der Waals surface area (Å²) in [5.74, 6) is -0.999. The third-order valence-corrected chi connectivity index (χ3v) is 3.21. The van der Waals surface area contributed by atoms with Crippen LogP contribution < -0.4 is 10.5 Å². The molecule has 0 saturated heterocycles. The minimum Gasteiger partial charge on any atom is -0.329 e. The van der Waals surface area contributed by atoms with Crippen LogP contribution in [0.5, 0.6) is 0 Å². The van der Waals surface area contributed by atoms with E-state index >= 15 is 0 Å². The van der Waals surface area contributed by atoms with Crippen molar-refractivity contribution in [1.29, 1.82) is 0 Å². The number of nitrogens with two attached hydrogens (primary N) is 1. The first-order valence-electron chi connectivity index (χ1n) is 4.11. The summed E-state index contributed by atoms with van der Waals surface area (Å²) in [6.45, 7) is -0.0403. The molecular weight excluding hydrogens is 243 g/mol. The summed E-state index contributed by atoms with van der Waals surface area (Å²) in [6, 6.07) is 3.90. The number of hydrogen-bond acceptors (Lipinski definition) is 3. The van der Waals surface area contributed by atoms with Crippen molar-refractivity contribution in [2.24, 2.45) is 5.73 Å². The maximum Gasteiger partial charge on any atom is 0.234 e. The standard InChI is InChI=1S/C8H10ClFN2O2S/c9-6-2-1-3-7(10)8(6)12-15(13,14)5-4-11/h1-3,12H,4-5,11H2. The Balaban J connectivity index is 2.99. The lowest BCUT2D eigenvalue weighted by molar-refractivity contribution is 0.598. The van der Waals surface area contributed by atoms with Crippen LogP contribution in [0.4, 0.5) is 10.1 Å². The molecule has 0 aliphatic carbocycles. The molecule has 0 saturated carbocycles. The monoisotopic (exact) mass is 252 g/mol. The molecule has 0 bridgehead atoms.